The van der Waals surface area contributed by atoms with E-state index in [1.54, 1.807) is 12.0 Å². The second kappa shape index (κ2) is 10.3. The molecule has 5 nitrogen and oxygen atoms in total. The Hall–Kier alpha value is -2.82. The Morgan fingerprint density at radius 2 is 1.70 bits per heavy atom. The lowest BCUT2D eigenvalue weighted by Crippen LogP contribution is -2.53. The standard InChI is InChI=1S/C25H34N2O3/c1-7-22(24(29)26-25(3,4)5)27(17-19-12-14-21(30-6)15-13-19)23(28)16-20-11-9-8-10-18(20)2/h8-15,22H,7,16-17H2,1-6H3,(H,26,29). The minimum absolute atomic E-state index is 0.0592. The molecule has 0 aliphatic carbocycles. The third kappa shape index (κ3) is 6.61. The molecule has 0 aliphatic heterocycles. The van der Waals surface area contributed by atoms with E-state index in [0.717, 1.165) is 22.4 Å². The molecule has 5 heteroatoms. The molecule has 2 amide bonds. The second-order valence-corrected chi connectivity index (χ2v) is 8.64. The number of ether oxygens (including phenoxy) is 1. The van der Waals surface area contributed by atoms with Gasteiger partial charge in [-0.2, -0.15) is 0 Å². The number of carbonyl (C=O) groups is 2. The van der Waals surface area contributed by atoms with Gasteiger partial charge < -0.3 is 15.0 Å². The van der Waals surface area contributed by atoms with Crippen LogP contribution < -0.4 is 10.1 Å². The second-order valence-electron chi connectivity index (χ2n) is 8.64. The van der Waals surface area contributed by atoms with E-state index in [-0.39, 0.29) is 23.8 Å². The largest absolute Gasteiger partial charge is 0.497 e. The van der Waals surface area contributed by atoms with Gasteiger partial charge in [-0.25, -0.2) is 0 Å². The topological polar surface area (TPSA) is 58.6 Å². The molecule has 30 heavy (non-hydrogen) atoms. The maximum atomic E-state index is 13.4. The van der Waals surface area contributed by atoms with Crippen LogP contribution in [0.15, 0.2) is 48.5 Å². The van der Waals surface area contributed by atoms with Gasteiger partial charge in [0, 0.05) is 12.1 Å². The molecule has 162 valence electrons. The van der Waals surface area contributed by atoms with Gasteiger partial charge in [-0.05, 0) is 62.9 Å². The molecule has 0 saturated heterocycles. The highest BCUT2D eigenvalue weighted by Gasteiger charge is 2.30. The Labute approximate surface area is 180 Å². The summed E-state index contributed by atoms with van der Waals surface area (Å²) in [5.74, 6) is 0.571. The van der Waals surface area contributed by atoms with Crippen LogP contribution in [0.4, 0.5) is 0 Å². The zero-order valence-electron chi connectivity index (χ0n) is 19.0. The molecule has 2 aromatic carbocycles. The first-order valence-corrected chi connectivity index (χ1v) is 10.4. The lowest BCUT2D eigenvalue weighted by atomic mass is 10.0. The summed E-state index contributed by atoms with van der Waals surface area (Å²) in [6.07, 6.45) is 0.805. The Morgan fingerprint density at radius 1 is 1.07 bits per heavy atom. The van der Waals surface area contributed by atoms with Crippen molar-refractivity contribution in [2.45, 2.75) is 65.6 Å². The quantitative estimate of drug-likeness (QED) is 0.707. The molecule has 0 saturated carbocycles. The average Bonchev–Trinajstić information content (AvgIpc) is 2.68. The summed E-state index contributed by atoms with van der Waals surface area (Å²) in [5, 5.41) is 3.03. The number of methoxy groups -OCH3 is 1. The lowest BCUT2D eigenvalue weighted by Gasteiger charge is -2.33. The fourth-order valence-electron chi connectivity index (χ4n) is 3.37. The predicted molar refractivity (Wildman–Crippen MR) is 120 cm³/mol. The first-order valence-electron chi connectivity index (χ1n) is 10.4. The Balaban J connectivity index is 2.32. The fraction of sp³-hybridized carbons (Fsp3) is 0.440. The maximum Gasteiger partial charge on any atom is 0.243 e. The van der Waals surface area contributed by atoms with Gasteiger partial charge in [0.25, 0.3) is 0 Å². The van der Waals surface area contributed by atoms with Crippen molar-refractivity contribution in [1.82, 2.24) is 10.2 Å². The van der Waals surface area contributed by atoms with Crippen LogP contribution in [0.5, 0.6) is 5.75 Å². The third-order valence-corrected chi connectivity index (χ3v) is 5.00. The first kappa shape index (κ1) is 23.5. The van der Waals surface area contributed by atoms with Gasteiger partial charge in [0.1, 0.15) is 11.8 Å². The van der Waals surface area contributed by atoms with Crippen LogP contribution in [0.2, 0.25) is 0 Å². The number of aryl methyl sites for hydroxylation is 1. The molecular formula is C25H34N2O3. The molecule has 0 heterocycles. The third-order valence-electron chi connectivity index (χ3n) is 5.00. The maximum absolute atomic E-state index is 13.4. The monoisotopic (exact) mass is 410 g/mol. The number of rotatable bonds is 8. The zero-order valence-corrected chi connectivity index (χ0v) is 19.0. The summed E-state index contributed by atoms with van der Waals surface area (Å²) >= 11 is 0. The fourth-order valence-corrected chi connectivity index (χ4v) is 3.37. The van der Waals surface area contributed by atoms with Crippen LogP contribution in [0.1, 0.15) is 50.8 Å². The molecule has 2 rings (SSSR count). The smallest absolute Gasteiger partial charge is 0.243 e. The van der Waals surface area contributed by atoms with E-state index < -0.39 is 6.04 Å². The summed E-state index contributed by atoms with van der Waals surface area (Å²) < 4.78 is 5.23. The molecule has 0 spiro atoms. The zero-order chi connectivity index (χ0) is 22.3. The van der Waals surface area contributed by atoms with Crippen molar-refractivity contribution in [3.8, 4) is 5.75 Å². The van der Waals surface area contributed by atoms with Crippen LogP contribution in [-0.4, -0.2) is 35.4 Å². The molecule has 0 aliphatic rings. The van der Waals surface area contributed by atoms with Gasteiger partial charge in [0.2, 0.25) is 11.8 Å². The van der Waals surface area contributed by atoms with E-state index in [1.165, 1.54) is 0 Å². The molecule has 1 unspecified atom stereocenters. The summed E-state index contributed by atoms with van der Waals surface area (Å²) in [4.78, 5) is 28.1. The van der Waals surface area contributed by atoms with E-state index in [1.807, 2.05) is 83.1 Å². The van der Waals surface area contributed by atoms with Crippen molar-refractivity contribution in [3.63, 3.8) is 0 Å². The van der Waals surface area contributed by atoms with E-state index in [0.29, 0.717) is 13.0 Å². The minimum Gasteiger partial charge on any atom is -0.497 e. The summed E-state index contributed by atoms with van der Waals surface area (Å²) in [7, 11) is 1.62. The lowest BCUT2D eigenvalue weighted by molar-refractivity contribution is -0.141. The molecule has 0 bridgehead atoms. The molecule has 0 fully saturated rings. The van der Waals surface area contributed by atoms with Crippen LogP contribution in [0, 0.1) is 6.92 Å². The molecule has 1 atom stereocenters. The summed E-state index contributed by atoms with van der Waals surface area (Å²) in [6, 6.07) is 14.9. The SMILES string of the molecule is CCC(C(=O)NC(C)(C)C)N(Cc1ccc(OC)cc1)C(=O)Cc1ccccc1C. The van der Waals surface area contributed by atoms with Gasteiger partial charge in [-0.3, -0.25) is 9.59 Å². The highest BCUT2D eigenvalue weighted by molar-refractivity contribution is 5.89. The van der Waals surface area contributed by atoms with Crippen molar-refractivity contribution < 1.29 is 14.3 Å². The van der Waals surface area contributed by atoms with Gasteiger partial charge in [0.15, 0.2) is 0 Å². The minimum atomic E-state index is -0.539. The molecule has 0 aromatic heterocycles. The van der Waals surface area contributed by atoms with Crippen LogP contribution in [0.25, 0.3) is 0 Å². The van der Waals surface area contributed by atoms with E-state index in [9.17, 15) is 9.59 Å². The van der Waals surface area contributed by atoms with Crippen molar-refractivity contribution >= 4 is 11.8 Å². The van der Waals surface area contributed by atoms with Crippen molar-refractivity contribution in [2.75, 3.05) is 7.11 Å². The van der Waals surface area contributed by atoms with E-state index >= 15 is 0 Å². The van der Waals surface area contributed by atoms with Crippen molar-refractivity contribution in [1.29, 1.82) is 0 Å². The number of hydrogen-bond acceptors (Lipinski definition) is 3. The number of nitrogens with zero attached hydrogens (tertiary/aromatic N) is 1. The van der Waals surface area contributed by atoms with Crippen molar-refractivity contribution in [2.24, 2.45) is 0 Å². The molecule has 2 aromatic rings. The van der Waals surface area contributed by atoms with Gasteiger partial charge in [-0.15, -0.1) is 0 Å². The van der Waals surface area contributed by atoms with Crippen LogP contribution in [0.3, 0.4) is 0 Å². The van der Waals surface area contributed by atoms with Gasteiger partial charge in [0.05, 0.1) is 13.5 Å². The van der Waals surface area contributed by atoms with Crippen molar-refractivity contribution in [3.05, 3.63) is 65.2 Å². The summed E-state index contributed by atoms with van der Waals surface area (Å²) in [5.41, 5.74) is 2.64. The Morgan fingerprint density at radius 3 is 2.23 bits per heavy atom. The average molecular weight is 411 g/mol. The highest BCUT2D eigenvalue weighted by Crippen LogP contribution is 2.19. The predicted octanol–water partition coefficient (Wildman–Crippen LogP) is 4.27. The van der Waals surface area contributed by atoms with E-state index in [2.05, 4.69) is 5.32 Å². The molecule has 1 N–H and O–H groups in total. The van der Waals surface area contributed by atoms with Gasteiger partial charge >= 0.3 is 0 Å². The number of nitrogens with one attached hydrogen (secondary N) is 1. The van der Waals surface area contributed by atoms with Gasteiger partial charge in [-0.1, -0.05) is 43.3 Å². The highest BCUT2D eigenvalue weighted by atomic mass is 16.5. The summed E-state index contributed by atoms with van der Waals surface area (Å²) in [6.45, 7) is 10.1. The Bertz CT molecular complexity index is 853. The van der Waals surface area contributed by atoms with Crippen LogP contribution >= 0.6 is 0 Å². The number of benzene rings is 2. The van der Waals surface area contributed by atoms with Crippen LogP contribution in [-0.2, 0) is 22.6 Å². The normalized spacial score (nSPS) is 12.2. The molecule has 0 radical (unpaired) electrons. The van der Waals surface area contributed by atoms with E-state index in [4.69, 9.17) is 4.74 Å². The number of carbonyl (C=O) groups excluding carboxylic acids is 2. The first-order chi connectivity index (χ1) is 14.1. The number of amides is 2. The Kier molecular flexibility index (Phi) is 8.04. The molecular weight excluding hydrogens is 376 g/mol. The number of hydrogen-bond donors (Lipinski definition) is 1.